The first-order valence-electron chi connectivity index (χ1n) is 7.00. The van der Waals surface area contributed by atoms with E-state index in [1.807, 2.05) is 12.1 Å². The number of hydrogen-bond donors (Lipinski definition) is 0. The van der Waals surface area contributed by atoms with E-state index in [0.29, 0.717) is 11.5 Å². The zero-order valence-electron chi connectivity index (χ0n) is 11.9. The fourth-order valence-electron chi connectivity index (χ4n) is 2.28. The summed E-state index contributed by atoms with van der Waals surface area (Å²) in [6, 6.07) is 15.9. The Kier molecular flexibility index (Phi) is 4.97. The van der Waals surface area contributed by atoms with Gasteiger partial charge in [-0.25, -0.2) is 0 Å². The van der Waals surface area contributed by atoms with Crippen molar-refractivity contribution >= 4 is 16.8 Å². The Hall–Kier alpha value is -1.60. The number of rotatable bonds is 5. The van der Waals surface area contributed by atoms with Crippen LogP contribution in [0.3, 0.4) is 0 Å². The third-order valence-electron chi connectivity index (χ3n) is 3.71. The second-order valence-electron chi connectivity index (χ2n) is 5.23. The van der Waals surface area contributed by atoms with Crippen molar-refractivity contribution in [2.45, 2.75) is 26.7 Å². The van der Waals surface area contributed by atoms with E-state index in [1.54, 1.807) is 12.1 Å². The maximum atomic E-state index is 11.1. The maximum absolute atomic E-state index is 11.1. The molecule has 1 unspecified atom stereocenters. The molecule has 2 rings (SSSR count). The lowest BCUT2D eigenvalue weighted by molar-refractivity contribution is 0.108. The molecule has 0 aliphatic rings. The zero-order chi connectivity index (χ0) is 14.5. The zero-order valence-corrected chi connectivity index (χ0v) is 12.7. The molecular formula is C18H19ClO. The lowest BCUT2D eigenvalue weighted by Crippen LogP contribution is -1.99. The highest BCUT2D eigenvalue weighted by Gasteiger charge is 2.08. The van der Waals surface area contributed by atoms with Crippen molar-refractivity contribution in [3.8, 4) is 11.1 Å². The lowest BCUT2D eigenvalue weighted by Gasteiger charge is -2.13. The van der Waals surface area contributed by atoms with Crippen molar-refractivity contribution in [3.63, 3.8) is 0 Å². The molecule has 1 atom stereocenters. The highest BCUT2D eigenvalue weighted by Crippen LogP contribution is 2.26. The van der Waals surface area contributed by atoms with E-state index < -0.39 is 5.24 Å². The van der Waals surface area contributed by atoms with Gasteiger partial charge in [0.25, 0.3) is 5.24 Å². The smallest absolute Gasteiger partial charge is 0.252 e. The van der Waals surface area contributed by atoms with Crippen LogP contribution in [0, 0.1) is 5.92 Å². The van der Waals surface area contributed by atoms with Crippen LogP contribution in [0.15, 0.2) is 48.5 Å². The van der Waals surface area contributed by atoms with Gasteiger partial charge in [0.2, 0.25) is 0 Å². The van der Waals surface area contributed by atoms with E-state index in [0.717, 1.165) is 12.0 Å². The van der Waals surface area contributed by atoms with E-state index in [1.165, 1.54) is 17.5 Å². The van der Waals surface area contributed by atoms with Gasteiger partial charge in [-0.05, 0) is 52.8 Å². The predicted octanol–water partition coefficient (Wildman–Crippen LogP) is 5.32. The summed E-state index contributed by atoms with van der Waals surface area (Å²) in [6.45, 7) is 4.49. The normalized spacial score (nSPS) is 12.2. The minimum atomic E-state index is -0.413. The average Bonchev–Trinajstić information content (AvgIpc) is 2.48. The second-order valence-corrected chi connectivity index (χ2v) is 5.57. The van der Waals surface area contributed by atoms with Gasteiger partial charge >= 0.3 is 0 Å². The van der Waals surface area contributed by atoms with Gasteiger partial charge in [-0.2, -0.15) is 0 Å². The summed E-state index contributed by atoms with van der Waals surface area (Å²) in [7, 11) is 0. The fourth-order valence-corrected chi connectivity index (χ4v) is 2.41. The average molecular weight is 287 g/mol. The number of halogens is 1. The Balaban J connectivity index is 2.34. The standard InChI is InChI=1S/C18H19ClO/c1-3-13(2)12-16-6-4-5-7-17(16)14-8-10-15(11-9-14)18(19)20/h4-11,13H,3,12H2,1-2H3. The maximum Gasteiger partial charge on any atom is 0.252 e. The highest BCUT2D eigenvalue weighted by atomic mass is 35.5. The summed E-state index contributed by atoms with van der Waals surface area (Å²) < 4.78 is 0. The van der Waals surface area contributed by atoms with Crippen molar-refractivity contribution in [1.29, 1.82) is 0 Å². The molecule has 104 valence electrons. The Bertz CT molecular complexity index is 587. The summed E-state index contributed by atoms with van der Waals surface area (Å²) in [5, 5.41) is -0.413. The summed E-state index contributed by atoms with van der Waals surface area (Å²) in [5.41, 5.74) is 4.26. The van der Waals surface area contributed by atoms with Crippen LogP contribution in [0.5, 0.6) is 0 Å². The van der Waals surface area contributed by atoms with E-state index in [2.05, 4.69) is 38.1 Å². The molecule has 0 amide bonds. The van der Waals surface area contributed by atoms with Crippen LogP contribution in [-0.4, -0.2) is 5.24 Å². The summed E-state index contributed by atoms with van der Waals surface area (Å²) in [6.07, 6.45) is 2.25. The van der Waals surface area contributed by atoms with Crippen LogP contribution in [0.25, 0.3) is 11.1 Å². The quantitative estimate of drug-likeness (QED) is 0.680. The first-order chi connectivity index (χ1) is 9.61. The van der Waals surface area contributed by atoms with Crippen LogP contribution in [0.1, 0.15) is 36.2 Å². The molecule has 0 aliphatic heterocycles. The second kappa shape index (κ2) is 6.71. The Morgan fingerprint density at radius 2 is 1.75 bits per heavy atom. The van der Waals surface area contributed by atoms with Crippen LogP contribution >= 0.6 is 11.6 Å². The van der Waals surface area contributed by atoms with E-state index in [9.17, 15) is 4.79 Å². The molecule has 0 aliphatic carbocycles. The number of hydrogen-bond acceptors (Lipinski definition) is 1. The molecule has 0 radical (unpaired) electrons. The monoisotopic (exact) mass is 286 g/mol. The van der Waals surface area contributed by atoms with Gasteiger partial charge in [-0.15, -0.1) is 0 Å². The van der Waals surface area contributed by atoms with E-state index >= 15 is 0 Å². The molecule has 0 spiro atoms. The topological polar surface area (TPSA) is 17.1 Å². The predicted molar refractivity (Wildman–Crippen MR) is 85.2 cm³/mol. The van der Waals surface area contributed by atoms with Gasteiger partial charge in [-0.3, -0.25) is 4.79 Å². The SMILES string of the molecule is CCC(C)Cc1ccccc1-c1ccc(C(=O)Cl)cc1. The molecule has 0 aromatic heterocycles. The molecule has 1 nitrogen and oxygen atoms in total. The van der Waals surface area contributed by atoms with Gasteiger partial charge < -0.3 is 0 Å². The van der Waals surface area contributed by atoms with Gasteiger partial charge in [0.15, 0.2) is 0 Å². The van der Waals surface area contributed by atoms with Crippen LogP contribution in [0.4, 0.5) is 0 Å². The van der Waals surface area contributed by atoms with Crippen molar-refractivity contribution in [2.75, 3.05) is 0 Å². The minimum Gasteiger partial charge on any atom is -0.276 e. The Morgan fingerprint density at radius 1 is 1.10 bits per heavy atom. The van der Waals surface area contributed by atoms with Crippen LogP contribution in [0.2, 0.25) is 0 Å². The summed E-state index contributed by atoms with van der Waals surface area (Å²) >= 11 is 5.48. The van der Waals surface area contributed by atoms with Gasteiger partial charge in [0, 0.05) is 5.56 Å². The fraction of sp³-hybridized carbons (Fsp3) is 0.278. The molecule has 0 bridgehead atoms. The van der Waals surface area contributed by atoms with E-state index in [4.69, 9.17) is 11.6 Å². The third kappa shape index (κ3) is 3.49. The first-order valence-corrected chi connectivity index (χ1v) is 7.37. The van der Waals surface area contributed by atoms with Gasteiger partial charge in [-0.1, -0.05) is 56.7 Å². The molecule has 0 heterocycles. The summed E-state index contributed by atoms with van der Waals surface area (Å²) in [4.78, 5) is 11.1. The molecule has 0 saturated heterocycles. The molecule has 2 heteroatoms. The molecule has 0 fully saturated rings. The molecule has 2 aromatic carbocycles. The molecule has 0 saturated carbocycles. The van der Waals surface area contributed by atoms with Crippen molar-refractivity contribution in [3.05, 3.63) is 59.7 Å². The van der Waals surface area contributed by atoms with Crippen molar-refractivity contribution in [2.24, 2.45) is 5.92 Å². The third-order valence-corrected chi connectivity index (χ3v) is 3.92. The van der Waals surface area contributed by atoms with Gasteiger partial charge in [0.05, 0.1) is 0 Å². The summed E-state index contributed by atoms with van der Waals surface area (Å²) in [5.74, 6) is 0.667. The Morgan fingerprint density at radius 3 is 2.35 bits per heavy atom. The number of carbonyl (C=O) groups excluding carboxylic acids is 1. The van der Waals surface area contributed by atoms with Crippen molar-refractivity contribution < 1.29 is 4.79 Å². The Labute approximate surface area is 125 Å². The lowest BCUT2D eigenvalue weighted by atomic mass is 9.92. The van der Waals surface area contributed by atoms with Crippen molar-refractivity contribution in [1.82, 2.24) is 0 Å². The molecule has 2 aromatic rings. The van der Waals surface area contributed by atoms with Gasteiger partial charge in [0.1, 0.15) is 0 Å². The first kappa shape index (κ1) is 14.8. The highest BCUT2D eigenvalue weighted by molar-refractivity contribution is 6.67. The number of carbonyl (C=O) groups is 1. The molecule has 20 heavy (non-hydrogen) atoms. The number of benzene rings is 2. The van der Waals surface area contributed by atoms with Crippen LogP contribution in [-0.2, 0) is 6.42 Å². The molecular weight excluding hydrogens is 268 g/mol. The van der Waals surface area contributed by atoms with Crippen LogP contribution < -0.4 is 0 Å². The molecule has 0 N–H and O–H groups in total. The largest absolute Gasteiger partial charge is 0.276 e. The minimum absolute atomic E-state index is 0.413. The van der Waals surface area contributed by atoms with E-state index in [-0.39, 0.29) is 0 Å².